The van der Waals surface area contributed by atoms with Gasteiger partial charge in [-0.1, -0.05) is 19.3 Å². The molecule has 6 heteroatoms. The molecule has 1 fully saturated rings. The molecule has 106 valence electrons. The van der Waals surface area contributed by atoms with Crippen LogP contribution in [0.1, 0.15) is 37.7 Å². The van der Waals surface area contributed by atoms with Crippen molar-refractivity contribution in [1.29, 1.82) is 0 Å². The summed E-state index contributed by atoms with van der Waals surface area (Å²) in [6.07, 6.45) is 4.94. The van der Waals surface area contributed by atoms with Crippen LogP contribution in [0.4, 0.5) is 10.1 Å². The number of nitrogens with two attached hydrogens (primary N) is 1. The van der Waals surface area contributed by atoms with Crippen molar-refractivity contribution in [3.8, 4) is 0 Å². The second-order valence-electron chi connectivity index (χ2n) is 5.10. The highest BCUT2D eigenvalue weighted by molar-refractivity contribution is 7.89. The van der Waals surface area contributed by atoms with E-state index >= 15 is 0 Å². The maximum Gasteiger partial charge on any atom is 0.241 e. The number of aryl methyl sites for hydroxylation is 1. The maximum atomic E-state index is 13.3. The maximum absolute atomic E-state index is 13.3. The van der Waals surface area contributed by atoms with E-state index in [1.165, 1.54) is 6.07 Å². The van der Waals surface area contributed by atoms with Gasteiger partial charge in [0.25, 0.3) is 0 Å². The molecule has 1 aliphatic rings. The first-order valence-electron chi connectivity index (χ1n) is 6.48. The molecule has 0 aromatic heterocycles. The summed E-state index contributed by atoms with van der Waals surface area (Å²) in [6.45, 7) is 1.57. The Labute approximate surface area is 113 Å². The Morgan fingerprint density at radius 1 is 1.26 bits per heavy atom. The smallest absolute Gasteiger partial charge is 0.241 e. The number of halogens is 1. The summed E-state index contributed by atoms with van der Waals surface area (Å²) < 4.78 is 40.6. The lowest BCUT2D eigenvalue weighted by Gasteiger charge is -2.23. The van der Waals surface area contributed by atoms with Crippen LogP contribution in [0, 0.1) is 12.7 Å². The molecule has 1 aromatic carbocycles. The lowest BCUT2D eigenvalue weighted by Crippen LogP contribution is -2.36. The minimum Gasteiger partial charge on any atom is -0.396 e. The van der Waals surface area contributed by atoms with Crippen molar-refractivity contribution < 1.29 is 12.8 Å². The molecule has 0 radical (unpaired) electrons. The van der Waals surface area contributed by atoms with Crippen molar-refractivity contribution in [2.45, 2.75) is 50.0 Å². The van der Waals surface area contributed by atoms with Crippen LogP contribution in [-0.4, -0.2) is 14.5 Å². The summed E-state index contributed by atoms with van der Waals surface area (Å²) in [7, 11) is -3.63. The van der Waals surface area contributed by atoms with Crippen molar-refractivity contribution in [1.82, 2.24) is 4.72 Å². The number of hydrogen-bond acceptors (Lipinski definition) is 3. The molecule has 0 amide bonds. The number of nitrogen functional groups attached to an aromatic ring is 1. The third-order valence-corrected chi connectivity index (χ3v) is 5.17. The lowest BCUT2D eigenvalue weighted by molar-refractivity contribution is 0.412. The van der Waals surface area contributed by atoms with E-state index in [0.717, 1.165) is 38.2 Å². The topological polar surface area (TPSA) is 72.2 Å². The van der Waals surface area contributed by atoms with Gasteiger partial charge in [-0.05, 0) is 37.5 Å². The molecule has 0 heterocycles. The molecule has 0 unspecified atom stereocenters. The van der Waals surface area contributed by atoms with Crippen molar-refractivity contribution in [2.24, 2.45) is 0 Å². The van der Waals surface area contributed by atoms with Gasteiger partial charge < -0.3 is 5.73 Å². The average molecular weight is 286 g/mol. The molecule has 3 N–H and O–H groups in total. The van der Waals surface area contributed by atoms with Gasteiger partial charge in [-0.15, -0.1) is 0 Å². The number of hydrogen-bond donors (Lipinski definition) is 2. The number of sulfonamides is 1. The first-order chi connectivity index (χ1) is 8.90. The quantitative estimate of drug-likeness (QED) is 0.838. The van der Waals surface area contributed by atoms with Gasteiger partial charge in [0, 0.05) is 6.04 Å². The summed E-state index contributed by atoms with van der Waals surface area (Å²) >= 11 is 0. The second-order valence-corrected chi connectivity index (χ2v) is 6.78. The van der Waals surface area contributed by atoms with Gasteiger partial charge in [0.1, 0.15) is 5.82 Å². The molecule has 0 bridgehead atoms. The lowest BCUT2D eigenvalue weighted by atomic mass is 9.96. The van der Waals surface area contributed by atoms with E-state index in [1.807, 2.05) is 0 Å². The van der Waals surface area contributed by atoms with Gasteiger partial charge in [0.15, 0.2) is 0 Å². The highest BCUT2D eigenvalue weighted by atomic mass is 32.2. The molecule has 2 rings (SSSR count). The van der Waals surface area contributed by atoms with Crippen LogP contribution in [-0.2, 0) is 10.0 Å². The Morgan fingerprint density at radius 3 is 2.53 bits per heavy atom. The number of anilines is 1. The molecule has 1 aliphatic carbocycles. The number of rotatable bonds is 3. The van der Waals surface area contributed by atoms with Crippen LogP contribution in [0.3, 0.4) is 0 Å². The van der Waals surface area contributed by atoms with Crippen molar-refractivity contribution >= 4 is 15.7 Å². The molecule has 1 aromatic rings. The molecular formula is C13H19FN2O2S. The third kappa shape index (κ3) is 3.25. The third-order valence-electron chi connectivity index (χ3n) is 3.51. The van der Waals surface area contributed by atoms with Crippen LogP contribution in [0.2, 0.25) is 0 Å². The zero-order valence-electron chi connectivity index (χ0n) is 10.9. The van der Waals surface area contributed by atoms with Gasteiger partial charge in [-0.25, -0.2) is 17.5 Å². The standard InChI is InChI=1S/C13H19FN2O2S/c1-9-7-11(14)12(15)8-13(9)19(17,18)16-10-5-3-2-4-6-10/h7-8,10,16H,2-6,15H2,1H3. The molecule has 0 spiro atoms. The molecule has 1 saturated carbocycles. The van der Waals surface area contributed by atoms with Crippen LogP contribution >= 0.6 is 0 Å². The fourth-order valence-corrected chi connectivity index (χ4v) is 4.03. The Bertz CT molecular complexity index is 566. The van der Waals surface area contributed by atoms with Crippen molar-refractivity contribution in [3.05, 3.63) is 23.5 Å². The van der Waals surface area contributed by atoms with E-state index < -0.39 is 15.8 Å². The molecule has 4 nitrogen and oxygen atoms in total. The fourth-order valence-electron chi connectivity index (χ4n) is 2.46. The molecule has 0 saturated heterocycles. The first-order valence-corrected chi connectivity index (χ1v) is 7.96. The van der Waals surface area contributed by atoms with E-state index in [0.29, 0.717) is 5.56 Å². The van der Waals surface area contributed by atoms with E-state index in [1.54, 1.807) is 6.92 Å². The monoisotopic (exact) mass is 286 g/mol. The summed E-state index contributed by atoms with van der Waals surface area (Å²) in [5.74, 6) is -0.589. The molecule has 0 atom stereocenters. The Morgan fingerprint density at radius 2 is 1.89 bits per heavy atom. The van der Waals surface area contributed by atoms with E-state index in [2.05, 4.69) is 4.72 Å². The Balaban J connectivity index is 2.26. The van der Waals surface area contributed by atoms with Gasteiger partial charge in [0.2, 0.25) is 10.0 Å². The summed E-state index contributed by atoms with van der Waals surface area (Å²) in [5, 5.41) is 0. The van der Waals surface area contributed by atoms with Crippen LogP contribution in [0.15, 0.2) is 17.0 Å². The largest absolute Gasteiger partial charge is 0.396 e. The van der Waals surface area contributed by atoms with E-state index in [4.69, 9.17) is 5.73 Å². The van der Waals surface area contributed by atoms with Crippen LogP contribution in [0.25, 0.3) is 0 Å². The average Bonchev–Trinajstić information content (AvgIpc) is 2.34. The predicted molar refractivity (Wildman–Crippen MR) is 72.7 cm³/mol. The Hall–Kier alpha value is -1.14. The predicted octanol–water partition coefficient (Wildman–Crippen LogP) is 2.33. The van der Waals surface area contributed by atoms with Gasteiger partial charge in [0.05, 0.1) is 10.6 Å². The zero-order chi connectivity index (χ0) is 14.0. The van der Waals surface area contributed by atoms with Crippen molar-refractivity contribution in [3.63, 3.8) is 0 Å². The van der Waals surface area contributed by atoms with E-state index in [-0.39, 0.29) is 16.6 Å². The van der Waals surface area contributed by atoms with E-state index in [9.17, 15) is 12.8 Å². The van der Waals surface area contributed by atoms with Crippen LogP contribution in [0.5, 0.6) is 0 Å². The summed E-state index contributed by atoms with van der Waals surface area (Å²) in [5.41, 5.74) is 5.68. The SMILES string of the molecule is Cc1cc(F)c(N)cc1S(=O)(=O)NC1CCCCC1. The minimum absolute atomic E-state index is 0.0237. The summed E-state index contributed by atoms with van der Waals surface area (Å²) in [6, 6.07) is 2.32. The highest BCUT2D eigenvalue weighted by Gasteiger charge is 2.24. The molecule has 19 heavy (non-hydrogen) atoms. The first kappa shape index (κ1) is 14.3. The number of benzene rings is 1. The fraction of sp³-hybridized carbons (Fsp3) is 0.538. The molecule has 0 aliphatic heterocycles. The van der Waals surface area contributed by atoms with Crippen molar-refractivity contribution in [2.75, 3.05) is 5.73 Å². The van der Waals surface area contributed by atoms with Gasteiger partial charge in [-0.2, -0.15) is 0 Å². The Kier molecular flexibility index (Phi) is 4.10. The normalized spacial score (nSPS) is 17.6. The summed E-state index contributed by atoms with van der Waals surface area (Å²) in [4.78, 5) is 0.0666. The highest BCUT2D eigenvalue weighted by Crippen LogP contribution is 2.24. The van der Waals surface area contributed by atoms with Gasteiger partial charge in [-0.3, -0.25) is 0 Å². The molecular weight excluding hydrogens is 267 g/mol. The minimum atomic E-state index is -3.63. The second kappa shape index (κ2) is 5.46. The van der Waals surface area contributed by atoms with Gasteiger partial charge >= 0.3 is 0 Å². The number of nitrogens with one attached hydrogen (secondary N) is 1. The van der Waals surface area contributed by atoms with Crippen LogP contribution < -0.4 is 10.5 Å². The zero-order valence-corrected chi connectivity index (χ0v) is 11.8.